The van der Waals surface area contributed by atoms with E-state index in [0.717, 1.165) is 6.42 Å². The van der Waals surface area contributed by atoms with Gasteiger partial charge in [0, 0.05) is 19.7 Å². The predicted molar refractivity (Wildman–Crippen MR) is 120 cm³/mol. The van der Waals surface area contributed by atoms with Crippen LogP contribution in [0.25, 0.3) is 0 Å². The first-order valence-corrected chi connectivity index (χ1v) is 10.4. The van der Waals surface area contributed by atoms with Crippen LogP contribution >= 0.6 is 12.2 Å². The van der Waals surface area contributed by atoms with Crippen LogP contribution in [0.4, 0.5) is 0 Å². The quantitative estimate of drug-likeness (QED) is 0.438. The van der Waals surface area contributed by atoms with Crippen LogP contribution in [0.1, 0.15) is 29.3 Å². The number of nitriles is 1. The Hall–Kier alpha value is -2.95. The Morgan fingerprint density at radius 3 is 2.57 bits per heavy atom. The average Bonchev–Trinajstić information content (AvgIpc) is 2.77. The molecule has 2 aromatic rings. The Balaban J connectivity index is 2.00. The van der Waals surface area contributed by atoms with Crippen molar-refractivity contribution in [3.05, 3.63) is 65.7 Å². The summed E-state index contributed by atoms with van der Waals surface area (Å²) in [5.74, 6) is 0.138. The van der Waals surface area contributed by atoms with Gasteiger partial charge in [-0.1, -0.05) is 42.5 Å². The molecule has 0 saturated carbocycles. The van der Waals surface area contributed by atoms with Crippen LogP contribution in [0.2, 0.25) is 0 Å². The molecule has 0 bridgehead atoms. The van der Waals surface area contributed by atoms with Crippen LogP contribution in [-0.2, 0) is 11.2 Å². The maximum atomic E-state index is 12.8. The number of thiocarbonyl (C=S) groups is 1. The monoisotopic (exact) mass is 425 g/mol. The third-order valence-electron chi connectivity index (χ3n) is 4.34. The topological polar surface area (TPSA) is 74.6 Å². The number of rotatable bonds is 11. The van der Waals surface area contributed by atoms with Crippen molar-refractivity contribution in [1.29, 1.82) is 5.26 Å². The van der Waals surface area contributed by atoms with Gasteiger partial charge in [0.25, 0.3) is 5.91 Å². The van der Waals surface area contributed by atoms with Crippen molar-refractivity contribution < 1.29 is 14.3 Å². The molecule has 0 aliphatic rings. The highest BCUT2D eigenvalue weighted by Crippen LogP contribution is 2.18. The lowest BCUT2D eigenvalue weighted by Crippen LogP contribution is -2.44. The predicted octanol–water partition coefficient (Wildman–Crippen LogP) is 3.57. The molecular weight excluding hydrogens is 398 g/mol. The molecule has 6 nitrogen and oxygen atoms in total. The number of carbonyl (C=O) groups excluding carboxylic acids is 1. The minimum absolute atomic E-state index is 0.301. The number of amides is 1. The van der Waals surface area contributed by atoms with E-state index < -0.39 is 0 Å². The maximum Gasteiger partial charge on any atom is 0.261 e. The van der Waals surface area contributed by atoms with Crippen LogP contribution in [0.5, 0.6) is 5.75 Å². The second kappa shape index (κ2) is 13.3. The summed E-state index contributed by atoms with van der Waals surface area (Å²) in [6, 6.07) is 19.2. The number of carbonyl (C=O) groups is 1. The van der Waals surface area contributed by atoms with Gasteiger partial charge >= 0.3 is 0 Å². The first-order chi connectivity index (χ1) is 14.7. The highest BCUT2D eigenvalue weighted by molar-refractivity contribution is 7.80. The van der Waals surface area contributed by atoms with E-state index in [1.165, 1.54) is 5.56 Å². The van der Waals surface area contributed by atoms with Crippen molar-refractivity contribution in [3.63, 3.8) is 0 Å². The summed E-state index contributed by atoms with van der Waals surface area (Å²) in [5, 5.41) is 12.0. The Kier molecular flexibility index (Phi) is 10.3. The van der Waals surface area contributed by atoms with Crippen LogP contribution < -0.4 is 10.1 Å². The summed E-state index contributed by atoms with van der Waals surface area (Å²) < 4.78 is 11.0. The minimum Gasteiger partial charge on any atom is -0.490 e. The van der Waals surface area contributed by atoms with Gasteiger partial charge in [-0.15, -0.1) is 0 Å². The number of nitrogens with one attached hydrogen (secondary N) is 1. The molecule has 0 fully saturated rings. The minimum atomic E-state index is -0.339. The van der Waals surface area contributed by atoms with E-state index in [0.29, 0.717) is 55.8 Å². The van der Waals surface area contributed by atoms with Gasteiger partial charge < -0.3 is 14.4 Å². The van der Waals surface area contributed by atoms with Crippen LogP contribution in [-0.4, -0.2) is 48.8 Å². The van der Waals surface area contributed by atoms with Gasteiger partial charge in [0.1, 0.15) is 12.4 Å². The van der Waals surface area contributed by atoms with Gasteiger partial charge in [-0.25, -0.2) is 0 Å². The zero-order valence-corrected chi connectivity index (χ0v) is 18.0. The van der Waals surface area contributed by atoms with E-state index in [2.05, 4.69) is 11.4 Å². The van der Waals surface area contributed by atoms with Crippen LogP contribution in [0.3, 0.4) is 0 Å². The van der Waals surface area contributed by atoms with Crippen molar-refractivity contribution in [3.8, 4) is 11.8 Å². The van der Waals surface area contributed by atoms with E-state index in [1.54, 1.807) is 18.2 Å². The number of ether oxygens (including phenoxy) is 2. The Bertz CT molecular complexity index is 852. The van der Waals surface area contributed by atoms with Crippen molar-refractivity contribution in [2.75, 3.05) is 32.9 Å². The van der Waals surface area contributed by atoms with Crippen molar-refractivity contribution in [2.24, 2.45) is 0 Å². The lowest BCUT2D eigenvalue weighted by molar-refractivity contribution is 0.0954. The Labute approximate surface area is 183 Å². The Morgan fingerprint density at radius 1 is 1.10 bits per heavy atom. The Morgan fingerprint density at radius 2 is 1.83 bits per heavy atom. The number of hydrogen-bond donors (Lipinski definition) is 1. The van der Waals surface area contributed by atoms with Gasteiger partial charge in [-0.05, 0) is 43.3 Å². The molecule has 0 radical (unpaired) electrons. The molecular formula is C23H27N3O3S. The molecule has 30 heavy (non-hydrogen) atoms. The van der Waals surface area contributed by atoms with Gasteiger partial charge in [0.15, 0.2) is 5.11 Å². The standard InChI is InChI=1S/C23H27N3O3S/c1-2-28-17-18-29-21-12-7-6-11-20(21)22(27)25-23(30)26(15-8-14-24)16-13-19-9-4-3-5-10-19/h3-7,9-12H,2,8,13,15-18H2,1H3,(H,25,27,30). The first kappa shape index (κ1) is 23.3. The van der Waals surface area contributed by atoms with Crippen molar-refractivity contribution in [2.45, 2.75) is 19.8 Å². The highest BCUT2D eigenvalue weighted by atomic mass is 32.1. The van der Waals surface area contributed by atoms with Crippen LogP contribution in [0.15, 0.2) is 54.6 Å². The van der Waals surface area contributed by atoms with E-state index in [1.807, 2.05) is 48.2 Å². The molecule has 0 aliphatic carbocycles. The second-order valence-electron chi connectivity index (χ2n) is 6.43. The summed E-state index contributed by atoms with van der Waals surface area (Å²) in [6.07, 6.45) is 1.08. The van der Waals surface area contributed by atoms with E-state index in [-0.39, 0.29) is 5.91 Å². The summed E-state index contributed by atoms with van der Waals surface area (Å²) in [5.41, 5.74) is 1.57. The molecule has 2 rings (SSSR count). The zero-order valence-electron chi connectivity index (χ0n) is 17.2. The van der Waals surface area contributed by atoms with Gasteiger partial charge in [0.05, 0.1) is 24.7 Å². The third kappa shape index (κ3) is 7.82. The molecule has 0 atom stereocenters. The molecule has 7 heteroatoms. The average molecular weight is 426 g/mol. The van der Waals surface area contributed by atoms with Gasteiger partial charge in [0.2, 0.25) is 0 Å². The molecule has 0 heterocycles. The SMILES string of the molecule is CCOCCOc1ccccc1C(=O)NC(=S)N(CCC#N)CCc1ccccc1. The second-order valence-corrected chi connectivity index (χ2v) is 6.82. The smallest absolute Gasteiger partial charge is 0.261 e. The third-order valence-corrected chi connectivity index (χ3v) is 4.70. The molecule has 0 aromatic heterocycles. The molecule has 0 spiro atoms. The van der Waals surface area contributed by atoms with Gasteiger partial charge in [-0.2, -0.15) is 5.26 Å². The summed E-state index contributed by atoms with van der Waals surface area (Å²) in [4.78, 5) is 14.7. The summed E-state index contributed by atoms with van der Waals surface area (Å²) in [7, 11) is 0. The number of para-hydroxylation sites is 1. The molecule has 0 aliphatic heterocycles. The molecule has 0 unspecified atom stereocenters. The molecule has 1 N–H and O–H groups in total. The highest BCUT2D eigenvalue weighted by Gasteiger charge is 2.17. The van der Waals surface area contributed by atoms with Crippen molar-refractivity contribution >= 4 is 23.2 Å². The normalized spacial score (nSPS) is 10.1. The van der Waals surface area contributed by atoms with Crippen molar-refractivity contribution in [1.82, 2.24) is 10.2 Å². The maximum absolute atomic E-state index is 12.8. The van der Waals surface area contributed by atoms with E-state index >= 15 is 0 Å². The lowest BCUT2D eigenvalue weighted by atomic mass is 10.1. The molecule has 2 aromatic carbocycles. The fraction of sp³-hybridized carbons (Fsp3) is 0.348. The summed E-state index contributed by atoms with van der Waals surface area (Å²) in [6.45, 7) is 4.39. The summed E-state index contributed by atoms with van der Waals surface area (Å²) >= 11 is 5.47. The molecule has 0 saturated heterocycles. The fourth-order valence-electron chi connectivity index (χ4n) is 2.79. The number of hydrogen-bond acceptors (Lipinski definition) is 5. The first-order valence-electron chi connectivity index (χ1n) is 9.96. The number of nitrogens with zero attached hydrogens (tertiary/aromatic N) is 2. The lowest BCUT2D eigenvalue weighted by Gasteiger charge is -2.24. The van der Waals surface area contributed by atoms with E-state index in [9.17, 15) is 4.79 Å². The van der Waals surface area contributed by atoms with Crippen LogP contribution in [0, 0.1) is 11.3 Å². The largest absolute Gasteiger partial charge is 0.490 e. The van der Waals surface area contributed by atoms with Gasteiger partial charge in [-0.3, -0.25) is 10.1 Å². The molecule has 158 valence electrons. The number of benzene rings is 2. The molecule has 1 amide bonds. The fourth-order valence-corrected chi connectivity index (χ4v) is 3.06. The zero-order chi connectivity index (χ0) is 21.6. The van der Waals surface area contributed by atoms with E-state index in [4.69, 9.17) is 27.0 Å².